The molecule has 136 valence electrons. The lowest BCUT2D eigenvalue weighted by Gasteiger charge is -2.24. The van der Waals surface area contributed by atoms with Crippen LogP contribution < -0.4 is 25.6 Å². The van der Waals surface area contributed by atoms with Gasteiger partial charge in [0.15, 0.2) is 11.5 Å². The average Bonchev–Trinajstić information content (AvgIpc) is 2.63. The molecule has 1 atom stereocenters. The quantitative estimate of drug-likeness (QED) is 0.694. The van der Waals surface area contributed by atoms with Crippen molar-refractivity contribution in [2.24, 2.45) is 0 Å². The molecule has 0 radical (unpaired) electrons. The van der Waals surface area contributed by atoms with Crippen LogP contribution in [0.5, 0.6) is 11.5 Å². The van der Waals surface area contributed by atoms with E-state index >= 15 is 0 Å². The van der Waals surface area contributed by atoms with E-state index in [-0.39, 0.29) is 5.69 Å². The van der Waals surface area contributed by atoms with E-state index in [1.165, 1.54) is 0 Å². The third-order valence-corrected chi connectivity index (χ3v) is 3.62. The molecule has 3 N–H and O–H groups in total. The van der Waals surface area contributed by atoms with Crippen molar-refractivity contribution in [2.75, 3.05) is 24.3 Å². The van der Waals surface area contributed by atoms with Crippen LogP contribution in [0.25, 0.3) is 0 Å². The number of aliphatic carboxylic acids is 1. The van der Waals surface area contributed by atoms with Crippen molar-refractivity contribution in [3.63, 3.8) is 0 Å². The van der Waals surface area contributed by atoms with Gasteiger partial charge >= 0.3 is 0 Å². The summed E-state index contributed by atoms with van der Waals surface area (Å²) < 4.78 is 11.0. The number of nitrogens with two attached hydrogens (primary N) is 1. The van der Waals surface area contributed by atoms with Crippen molar-refractivity contribution in [1.29, 1.82) is 5.26 Å². The zero-order valence-corrected chi connectivity index (χ0v) is 14.6. The Morgan fingerprint density at radius 3 is 2.27 bits per heavy atom. The summed E-state index contributed by atoms with van der Waals surface area (Å²) in [4.78, 5) is 11.7. The van der Waals surface area contributed by atoms with Gasteiger partial charge < -0.3 is 30.4 Å². The highest BCUT2D eigenvalue weighted by atomic mass is 16.5. The molecule has 26 heavy (non-hydrogen) atoms. The highest BCUT2D eigenvalue weighted by Crippen LogP contribution is 2.36. The molecule has 0 heterocycles. The number of carbonyl (C=O) groups excluding carboxylic acids is 1. The number of nitrogens with zero attached hydrogens (tertiary/aromatic N) is 1. The van der Waals surface area contributed by atoms with Gasteiger partial charge in [-0.15, -0.1) is 0 Å². The number of nitrogen functional groups attached to an aromatic ring is 1. The van der Waals surface area contributed by atoms with Gasteiger partial charge in [-0.25, -0.2) is 0 Å². The van der Waals surface area contributed by atoms with Gasteiger partial charge in [0.25, 0.3) is 0 Å². The lowest BCUT2D eigenvalue weighted by molar-refractivity contribution is -0.307. The molecule has 0 aliphatic rings. The van der Waals surface area contributed by atoms with E-state index in [1.807, 2.05) is 19.9 Å². The van der Waals surface area contributed by atoms with Gasteiger partial charge in [-0.3, -0.25) is 0 Å². The summed E-state index contributed by atoms with van der Waals surface area (Å²) in [6.45, 7) is 4.46. The van der Waals surface area contributed by atoms with Gasteiger partial charge in [0.2, 0.25) is 0 Å². The second-order valence-corrected chi connectivity index (χ2v) is 5.38. The molecular weight excluding hydrogens is 334 g/mol. The van der Waals surface area contributed by atoms with Gasteiger partial charge in [0, 0.05) is 23.0 Å². The van der Waals surface area contributed by atoms with E-state index in [2.05, 4.69) is 5.32 Å². The summed E-state index contributed by atoms with van der Waals surface area (Å²) >= 11 is 0. The molecule has 0 saturated carbocycles. The number of hydrogen-bond donors (Lipinski definition) is 2. The largest absolute Gasteiger partial charge is 0.548 e. The van der Waals surface area contributed by atoms with Crippen LogP contribution in [0.1, 0.15) is 31.0 Å². The summed E-state index contributed by atoms with van der Waals surface area (Å²) in [5, 5.41) is 23.4. The Hall–Kier alpha value is -3.40. The van der Waals surface area contributed by atoms with Gasteiger partial charge in [-0.05, 0) is 44.2 Å². The molecule has 0 aromatic heterocycles. The fraction of sp³-hybridized carbons (Fsp3) is 0.263. The SMILES string of the molecule is CCOc1cc(N)c(C(Nc2ccc(C#N)cc2)C(=O)[O-])cc1OCC. The molecular formula is C19H20N3O4-. The van der Waals surface area contributed by atoms with E-state index in [4.69, 9.17) is 20.5 Å². The minimum absolute atomic E-state index is 0.243. The number of hydrogen-bond acceptors (Lipinski definition) is 7. The molecule has 1 unspecified atom stereocenters. The van der Waals surface area contributed by atoms with E-state index < -0.39 is 12.0 Å². The van der Waals surface area contributed by atoms with Crippen molar-refractivity contribution in [1.82, 2.24) is 0 Å². The van der Waals surface area contributed by atoms with E-state index in [0.29, 0.717) is 41.5 Å². The van der Waals surface area contributed by atoms with Crippen LogP contribution in [0.2, 0.25) is 0 Å². The minimum atomic E-state index is -1.34. The van der Waals surface area contributed by atoms with Gasteiger partial charge in [-0.2, -0.15) is 5.26 Å². The summed E-state index contributed by atoms with van der Waals surface area (Å²) in [5.74, 6) is -0.481. The molecule has 7 heteroatoms. The number of nitriles is 1. The van der Waals surface area contributed by atoms with Crippen LogP contribution in [-0.4, -0.2) is 19.2 Å². The van der Waals surface area contributed by atoms with Crippen LogP contribution >= 0.6 is 0 Å². The molecule has 0 saturated heterocycles. The Morgan fingerprint density at radius 1 is 1.19 bits per heavy atom. The summed E-state index contributed by atoms with van der Waals surface area (Å²) in [5.41, 5.74) is 7.58. The number of carboxylic acid groups (broad SMARTS) is 1. The molecule has 0 aliphatic carbocycles. The third kappa shape index (κ3) is 4.36. The number of carboxylic acids is 1. The third-order valence-electron chi connectivity index (χ3n) is 3.62. The Morgan fingerprint density at radius 2 is 1.77 bits per heavy atom. The maximum atomic E-state index is 11.7. The maximum absolute atomic E-state index is 11.7. The average molecular weight is 354 g/mol. The normalized spacial score (nSPS) is 11.3. The van der Waals surface area contributed by atoms with Crippen LogP contribution in [0.15, 0.2) is 36.4 Å². The van der Waals surface area contributed by atoms with Gasteiger partial charge in [0.05, 0.1) is 36.9 Å². The van der Waals surface area contributed by atoms with Crippen molar-refractivity contribution in [2.45, 2.75) is 19.9 Å². The van der Waals surface area contributed by atoms with Crippen molar-refractivity contribution < 1.29 is 19.4 Å². The zero-order chi connectivity index (χ0) is 19.1. The first-order valence-electron chi connectivity index (χ1n) is 8.16. The molecule has 2 rings (SSSR count). The first-order chi connectivity index (χ1) is 12.5. The van der Waals surface area contributed by atoms with Crippen LogP contribution in [-0.2, 0) is 4.79 Å². The number of ether oxygens (including phenoxy) is 2. The van der Waals surface area contributed by atoms with E-state index in [1.54, 1.807) is 36.4 Å². The number of benzene rings is 2. The monoisotopic (exact) mass is 354 g/mol. The van der Waals surface area contributed by atoms with Crippen LogP contribution in [0.3, 0.4) is 0 Å². The van der Waals surface area contributed by atoms with Crippen molar-refractivity contribution in [3.8, 4) is 17.6 Å². The highest BCUT2D eigenvalue weighted by Gasteiger charge is 2.19. The number of carbonyl (C=O) groups is 1. The minimum Gasteiger partial charge on any atom is -0.548 e. The first kappa shape index (κ1) is 18.9. The van der Waals surface area contributed by atoms with Crippen molar-refractivity contribution in [3.05, 3.63) is 47.5 Å². The molecule has 0 spiro atoms. The molecule has 0 fully saturated rings. The number of anilines is 2. The molecule has 2 aromatic carbocycles. The van der Waals surface area contributed by atoms with E-state index in [0.717, 1.165) is 0 Å². The summed E-state index contributed by atoms with van der Waals surface area (Å²) in [6.07, 6.45) is 0. The predicted octanol–water partition coefficient (Wildman–Crippen LogP) is 1.84. The fourth-order valence-electron chi connectivity index (χ4n) is 2.45. The standard InChI is InChI=1S/C19H21N3O4/c1-3-25-16-9-14(15(21)10-17(16)26-4-2)18(19(23)24)22-13-7-5-12(11-20)6-8-13/h5-10,18,22H,3-4,21H2,1-2H3,(H,23,24)/p-1. The Kier molecular flexibility index (Phi) is 6.28. The lowest BCUT2D eigenvalue weighted by Crippen LogP contribution is -2.34. The topological polar surface area (TPSA) is 120 Å². The summed E-state index contributed by atoms with van der Waals surface area (Å²) in [6, 6.07) is 10.3. The Balaban J connectivity index is 2.40. The molecule has 7 nitrogen and oxygen atoms in total. The number of rotatable bonds is 8. The molecule has 0 bridgehead atoms. The van der Waals surface area contributed by atoms with E-state index in [9.17, 15) is 9.90 Å². The fourth-order valence-corrected chi connectivity index (χ4v) is 2.45. The smallest absolute Gasteiger partial charge is 0.163 e. The van der Waals surface area contributed by atoms with Gasteiger partial charge in [-0.1, -0.05) is 0 Å². The summed E-state index contributed by atoms with van der Waals surface area (Å²) in [7, 11) is 0. The molecule has 0 amide bonds. The second-order valence-electron chi connectivity index (χ2n) is 5.38. The van der Waals surface area contributed by atoms with Crippen LogP contribution in [0.4, 0.5) is 11.4 Å². The highest BCUT2D eigenvalue weighted by molar-refractivity contribution is 5.81. The first-order valence-corrected chi connectivity index (χ1v) is 8.16. The molecule has 2 aromatic rings. The van der Waals surface area contributed by atoms with Crippen LogP contribution in [0, 0.1) is 11.3 Å². The lowest BCUT2D eigenvalue weighted by atomic mass is 10.0. The zero-order valence-electron chi connectivity index (χ0n) is 14.6. The number of nitrogens with one attached hydrogen (secondary N) is 1. The predicted molar refractivity (Wildman–Crippen MR) is 95.7 cm³/mol. The Bertz CT molecular complexity index is 813. The second kappa shape index (κ2) is 8.62. The maximum Gasteiger partial charge on any atom is 0.163 e. The van der Waals surface area contributed by atoms with Crippen molar-refractivity contribution >= 4 is 17.3 Å². The van der Waals surface area contributed by atoms with Gasteiger partial charge in [0.1, 0.15) is 0 Å². The molecule has 0 aliphatic heterocycles. The Labute approximate surface area is 152 Å².